The molecule has 4 rings (SSSR count). The summed E-state index contributed by atoms with van der Waals surface area (Å²) in [4.78, 5) is 49.1. The van der Waals surface area contributed by atoms with E-state index in [0.717, 1.165) is 0 Å². The first-order chi connectivity index (χ1) is 18.0. The summed E-state index contributed by atoms with van der Waals surface area (Å²) in [5.74, 6) is -0.740. The second-order valence-electron chi connectivity index (χ2n) is 10.1. The minimum absolute atomic E-state index is 0.0249. The van der Waals surface area contributed by atoms with Crippen molar-refractivity contribution < 1.29 is 28.8 Å². The van der Waals surface area contributed by atoms with Crippen LogP contribution in [-0.4, -0.2) is 35.7 Å². The number of carbonyl (C=O) groups is 3. The molecule has 9 nitrogen and oxygen atoms in total. The number of hydrogen-bond donors (Lipinski definition) is 0. The molecule has 0 saturated carbocycles. The Morgan fingerprint density at radius 3 is 2.08 bits per heavy atom. The normalized spacial score (nSPS) is 15.3. The molecular formula is C29H28N2O7. The van der Waals surface area contributed by atoms with E-state index in [1.54, 1.807) is 24.3 Å². The second kappa shape index (κ2) is 10.8. The number of nitrogens with zero attached hydrogens (tertiary/aromatic N) is 2. The summed E-state index contributed by atoms with van der Waals surface area (Å²) < 4.78 is 11.1. The number of nitro groups is 1. The first-order valence-electron chi connectivity index (χ1n) is 12.1. The third-order valence-electron chi connectivity index (χ3n) is 6.31. The Balaban J connectivity index is 1.31. The van der Waals surface area contributed by atoms with Crippen LogP contribution < -0.4 is 9.64 Å². The molecule has 0 radical (unpaired) electrons. The Hall–Kier alpha value is -4.53. The minimum Gasteiger partial charge on any atom is -0.457 e. The fourth-order valence-corrected chi connectivity index (χ4v) is 4.08. The van der Waals surface area contributed by atoms with Gasteiger partial charge in [-0.15, -0.1) is 0 Å². The van der Waals surface area contributed by atoms with E-state index in [4.69, 9.17) is 9.47 Å². The van der Waals surface area contributed by atoms with Crippen molar-refractivity contribution in [1.82, 2.24) is 0 Å². The van der Waals surface area contributed by atoms with Gasteiger partial charge in [-0.2, -0.15) is 0 Å². The maximum Gasteiger partial charge on any atom is 0.311 e. The van der Waals surface area contributed by atoms with Crippen molar-refractivity contribution in [1.29, 1.82) is 0 Å². The van der Waals surface area contributed by atoms with Gasteiger partial charge >= 0.3 is 5.97 Å². The van der Waals surface area contributed by atoms with Crippen molar-refractivity contribution in [2.75, 3.05) is 18.1 Å². The molecule has 0 bridgehead atoms. The largest absolute Gasteiger partial charge is 0.457 e. The number of rotatable bonds is 8. The Bertz CT molecular complexity index is 1340. The molecule has 1 heterocycles. The van der Waals surface area contributed by atoms with Crippen LogP contribution in [0.15, 0.2) is 72.8 Å². The lowest BCUT2D eigenvalue weighted by Crippen LogP contribution is -2.27. The van der Waals surface area contributed by atoms with Crippen LogP contribution >= 0.6 is 0 Å². The van der Waals surface area contributed by atoms with E-state index >= 15 is 0 Å². The van der Waals surface area contributed by atoms with Crippen LogP contribution in [0.25, 0.3) is 0 Å². The van der Waals surface area contributed by atoms with Crippen molar-refractivity contribution in [2.45, 2.75) is 32.6 Å². The zero-order chi connectivity index (χ0) is 27.4. The highest BCUT2D eigenvalue weighted by Crippen LogP contribution is 2.30. The number of non-ortho nitro benzene ring substituents is 1. The monoisotopic (exact) mass is 516 g/mol. The summed E-state index contributed by atoms with van der Waals surface area (Å²) in [6, 6.07) is 20.0. The van der Waals surface area contributed by atoms with Crippen molar-refractivity contribution in [3.63, 3.8) is 0 Å². The molecule has 1 saturated heterocycles. The van der Waals surface area contributed by atoms with Gasteiger partial charge < -0.3 is 14.4 Å². The third kappa shape index (κ3) is 6.23. The second-order valence-corrected chi connectivity index (χ2v) is 10.1. The zero-order valence-electron chi connectivity index (χ0n) is 21.4. The molecule has 0 N–H and O–H groups in total. The molecule has 3 aromatic carbocycles. The van der Waals surface area contributed by atoms with Crippen molar-refractivity contribution in [3.8, 4) is 11.5 Å². The summed E-state index contributed by atoms with van der Waals surface area (Å²) in [5, 5.41) is 10.7. The third-order valence-corrected chi connectivity index (χ3v) is 6.31. The van der Waals surface area contributed by atoms with Gasteiger partial charge in [0.25, 0.3) is 5.69 Å². The number of Topliss-reactive ketones (excluding diaryl/α,β-unsaturated/α-hetero) is 1. The van der Waals surface area contributed by atoms with Gasteiger partial charge in [0, 0.05) is 36.3 Å². The SMILES string of the molecule is CC(C)(C)c1ccc(Oc2ccc(N3C[C@H](C(=O)OCC(=O)c4ccc([N+](=O)[O-])cc4)CC3=O)cc2)cc1. The fraction of sp³-hybridized carbons (Fsp3) is 0.276. The minimum atomic E-state index is -0.704. The van der Waals surface area contributed by atoms with E-state index < -0.39 is 29.2 Å². The lowest BCUT2D eigenvalue weighted by molar-refractivity contribution is -0.384. The van der Waals surface area contributed by atoms with Crippen LogP contribution in [0, 0.1) is 16.0 Å². The maximum atomic E-state index is 12.6. The van der Waals surface area contributed by atoms with Crippen LogP contribution in [0.4, 0.5) is 11.4 Å². The Kier molecular flexibility index (Phi) is 7.57. The fourth-order valence-electron chi connectivity index (χ4n) is 4.08. The topological polar surface area (TPSA) is 116 Å². The Labute approximate surface area is 220 Å². The van der Waals surface area contributed by atoms with E-state index in [1.807, 2.05) is 24.3 Å². The smallest absolute Gasteiger partial charge is 0.311 e. The van der Waals surface area contributed by atoms with Gasteiger partial charge in [0.15, 0.2) is 12.4 Å². The Morgan fingerprint density at radius 1 is 0.947 bits per heavy atom. The van der Waals surface area contributed by atoms with Crippen molar-refractivity contribution in [2.24, 2.45) is 5.92 Å². The van der Waals surface area contributed by atoms with Crippen molar-refractivity contribution >= 4 is 29.0 Å². The molecule has 1 amide bonds. The van der Waals surface area contributed by atoms with E-state index in [1.165, 1.54) is 34.7 Å². The number of ketones is 1. The number of carbonyl (C=O) groups excluding carboxylic acids is 3. The molecule has 1 fully saturated rings. The van der Waals surface area contributed by atoms with Gasteiger partial charge in [0.05, 0.1) is 10.8 Å². The van der Waals surface area contributed by atoms with E-state index in [9.17, 15) is 24.5 Å². The van der Waals surface area contributed by atoms with Crippen LogP contribution in [0.5, 0.6) is 11.5 Å². The highest BCUT2D eigenvalue weighted by molar-refractivity contribution is 6.01. The van der Waals surface area contributed by atoms with Gasteiger partial charge in [-0.05, 0) is 59.5 Å². The molecule has 0 unspecified atom stereocenters. The Morgan fingerprint density at radius 2 is 1.53 bits per heavy atom. The highest BCUT2D eigenvalue weighted by Gasteiger charge is 2.36. The first kappa shape index (κ1) is 26.5. The van der Waals surface area contributed by atoms with E-state index in [2.05, 4.69) is 20.8 Å². The lowest BCUT2D eigenvalue weighted by Gasteiger charge is -2.19. The van der Waals surface area contributed by atoms with Gasteiger partial charge in [-0.1, -0.05) is 32.9 Å². The quantitative estimate of drug-likeness (QED) is 0.169. The number of hydrogen-bond acceptors (Lipinski definition) is 7. The number of nitro benzene ring substituents is 1. The summed E-state index contributed by atoms with van der Waals surface area (Å²) in [7, 11) is 0. The summed E-state index contributed by atoms with van der Waals surface area (Å²) >= 11 is 0. The van der Waals surface area contributed by atoms with Crippen molar-refractivity contribution in [3.05, 3.63) is 94.0 Å². The highest BCUT2D eigenvalue weighted by atomic mass is 16.6. The molecule has 0 aromatic heterocycles. The predicted octanol–water partition coefficient (Wildman–Crippen LogP) is 5.46. The van der Waals surface area contributed by atoms with Gasteiger partial charge in [-0.3, -0.25) is 24.5 Å². The number of anilines is 1. The number of amides is 1. The van der Waals surface area contributed by atoms with E-state index in [0.29, 0.717) is 17.2 Å². The van der Waals surface area contributed by atoms with E-state index in [-0.39, 0.29) is 35.5 Å². The first-order valence-corrected chi connectivity index (χ1v) is 12.1. The van der Waals surface area contributed by atoms with Crippen LogP contribution in [0.2, 0.25) is 0 Å². The molecule has 0 spiro atoms. The molecule has 1 aliphatic rings. The average Bonchev–Trinajstić information content (AvgIpc) is 3.29. The summed E-state index contributed by atoms with van der Waals surface area (Å²) in [6.45, 7) is 6.06. The van der Waals surface area contributed by atoms with Gasteiger partial charge in [-0.25, -0.2) is 0 Å². The zero-order valence-corrected chi connectivity index (χ0v) is 21.4. The summed E-state index contributed by atoms with van der Waals surface area (Å²) in [6.07, 6.45) is -0.0249. The maximum absolute atomic E-state index is 12.6. The van der Waals surface area contributed by atoms with Crippen LogP contribution in [-0.2, 0) is 19.7 Å². The number of ether oxygens (including phenoxy) is 2. The molecule has 1 aliphatic heterocycles. The molecule has 1 atom stereocenters. The van der Waals surface area contributed by atoms with Crippen LogP contribution in [0.1, 0.15) is 43.1 Å². The molecule has 0 aliphatic carbocycles. The molecule has 196 valence electrons. The number of benzene rings is 3. The molecule has 38 heavy (non-hydrogen) atoms. The molecular weight excluding hydrogens is 488 g/mol. The van der Waals surface area contributed by atoms with Gasteiger partial charge in [0.1, 0.15) is 11.5 Å². The van der Waals surface area contributed by atoms with Gasteiger partial charge in [0.2, 0.25) is 5.91 Å². The molecule has 9 heteroatoms. The lowest BCUT2D eigenvalue weighted by atomic mass is 9.87. The number of esters is 1. The molecule has 3 aromatic rings. The summed E-state index contributed by atoms with van der Waals surface area (Å²) in [5.41, 5.74) is 1.94. The van der Waals surface area contributed by atoms with Crippen LogP contribution in [0.3, 0.4) is 0 Å². The predicted molar refractivity (Wildman–Crippen MR) is 141 cm³/mol. The standard InChI is InChI=1S/C29H28N2O7/c1-29(2,3)21-6-12-24(13-7-21)38-25-14-10-22(11-15-25)30-17-20(16-27(30)33)28(34)37-18-26(32)19-4-8-23(9-5-19)31(35)36/h4-15,20H,16-18H2,1-3H3/t20-/m1/s1. The average molecular weight is 517 g/mol.